The maximum atomic E-state index is 11.1. The summed E-state index contributed by atoms with van der Waals surface area (Å²) in [6.07, 6.45) is 0. The van der Waals surface area contributed by atoms with Crippen molar-refractivity contribution in [1.29, 1.82) is 0 Å². The first-order valence-electron chi connectivity index (χ1n) is 4.31. The van der Waals surface area contributed by atoms with Crippen LogP contribution in [0.5, 0.6) is 0 Å². The van der Waals surface area contributed by atoms with Crippen LogP contribution in [0.4, 0.5) is 15.7 Å². The molecule has 78 valence electrons. The highest BCUT2D eigenvalue weighted by molar-refractivity contribution is 7.14. The van der Waals surface area contributed by atoms with Gasteiger partial charge in [-0.1, -0.05) is 0 Å². The van der Waals surface area contributed by atoms with Gasteiger partial charge in [-0.15, -0.1) is 11.3 Å². The minimum Gasteiger partial charge on any atom is -0.354 e. The minimum atomic E-state index is -0.219. The van der Waals surface area contributed by atoms with Crippen LogP contribution in [0.1, 0.15) is 6.92 Å². The van der Waals surface area contributed by atoms with Crippen LogP contribution < -0.4 is 15.5 Å². The number of anilines is 2. The molecule has 0 aliphatic rings. The highest BCUT2D eigenvalue weighted by atomic mass is 32.1. The molecule has 6 heteroatoms. The molecule has 0 radical (unpaired) electrons. The van der Waals surface area contributed by atoms with E-state index in [1.807, 2.05) is 31.3 Å². The van der Waals surface area contributed by atoms with Crippen LogP contribution in [-0.4, -0.2) is 31.7 Å². The molecule has 1 rings (SSSR count). The largest absolute Gasteiger partial charge is 0.354 e. The number of aromatic nitrogens is 1. The Kier molecular flexibility index (Phi) is 3.70. The molecule has 1 aromatic rings. The number of thiazole rings is 1. The zero-order valence-corrected chi connectivity index (χ0v) is 9.31. The number of carbonyl (C=O) groups excluding carboxylic acids is 1. The van der Waals surface area contributed by atoms with E-state index in [2.05, 4.69) is 15.6 Å². The summed E-state index contributed by atoms with van der Waals surface area (Å²) < 4.78 is 0. The molecular formula is C8H14N4OS. The zero-order chi connectivity index (χ0) is 10.6. The van der Waals surface area contributed by atoms with Crippen molar-refractivity contribution in [2.24, 2.45) is 0 Å². The van der Waals surface area contributed by atoms with Crippen molar-refractivity contribution >= 4 is 28.3 Å². The summed E-state index contributed by atoms with van der Waals surface area (Å²) in [5.41, 5.74) is 0. The molecule has 0 unspecified atom stereocenters. The van der Waals surface area contributed by atoms with E-state index in [1.165, 1.54) is 11.3 Å². The smallest absolute Gasteiger partial charge is 0.320 e. The number of hydrogen-bond donors (Lipinski definition) is 2. The van der Waals surface area contributed by atoms with E-state index in [-0.39, 0.29) is 6.03 Å². The topological polar surface area (TPSA) is 57.3 Å². The Balaban J connectivity index is 2.55. The fourth-order valence-electron chi connectivity index (χ4n) is 0.848. The molecule has 0 atom stereocenters. The van der Waals surface area contributed by atoms with E-state index in [4.69, 9.17) is 0 Å². The van der Waals surface area contributed by atoms with Crippen LogP contribution in [-0.2, 0) is 0 Å². The third-order valence-corrected chi connectivity index (χ3v) is 2.46. The molecule has 5 nitrogen and oxygen atoms in total. The fourth-order valence-corrected chi connectivity index (χ4v) is 1.54. The summed E-state index contributed by atoms with van der Waals surface area (Å²) in [5.74, 6) is 0.588. The number of amides is 2. The molecule has 0 aliphatic carbocycles. The Bertz CT molecular complexity index is 310. The summed E-state index contributed by atoms with van der Waals surface area (Å²) in [5, 5.41) is 7.96. The summed E-state index contributed by atoms with van der Waals surface area (Å²) in [6.45, 7) is 2.47. The normalized spacial score (nSPS) is 9.64. The second-order valence-electron chi connectivity index (χ2n) is 2.89. The van der Waals surface area contributed by atoms with E-state index in [1.54, 1.807) is 0 Å². The van der Waals surface area contributed by atoms with Gasteiger partial charge in [-0.25, -0.2) is 9.78 Å². The molecular weight excluding hydrogens is 200 g/mol. The molecule has 0 aromatic carbocycles. The lowest BCUT2D eigenvalue weighted by atomic mass is 10.7. The summed E-state index contributed by atoms with van der Waals surface area (Å²) in [7, 11) is 3.82. The lowest BCUT2D eigenvalue weighted by Gasteiger charge is -2.05. The zero-order valence-electron chi connectivity index (χ0n) is 8.50. The van der Waals surface area contributed by atoms with Gasteiger partial charge < -0.3 is 10.2 Å². The van der Waals surface area contributed by atoms with Crippen molar-refractivity contribution in [1.82, 2.24) is 10.3 Å². The quantitative estimate of drug-likeness (QED) is 0.798. The Hall–Kier alpha value is -1.30. The van der Waals surface area contributed by atoms with E-state index >= 15 is 0 Å². The molecule has 0 aliphatic heterocycles. The molecule has 2 amide bonds. The summed E-state index contributed by atoms with van der Waals surface area (Å²) >= 11 is 1.49. The van der Waals surface area contributed by atoms with Crippen molar-refractivity contribution in [3.63, 3.8) is 0 Å². The molecule has 0 fully saturated rings. The van der Waals surface area contributed by atoms with Gasteiger partial charge in [0.15, 0.2) is 5.13 Å². The molecule has 14 heavy (non-hydrogen) atoms. The van der Waals surface area contributed by atoms with Crippen molar-refractivity contribution in [3.05, 3.63) is 5.38 Å². The van der Waals surface area contributed by atoms with Gasteiger partial charge in [0.25, 0.3) is 0 Å². The van der Waals surface area contributed by atoms with E-state index in [9.17, 15) is 4.79 Å². The maximum absolute atomic E-state index is 11.1. The SMILES string of the molecule is CCNC(=O)Nc1csc(N(C)C)n1. The maximum Gasteiger partial charge on any atom is 0.320 e. The second-order valence-corrected chi connectivity index (χ2v) is 3.73. The Morgan fingerprint density at radius 3 is 2.86 bits per heavy atom. The standard InChI is InChI=1S/C8H14N4OS/c1-4-9-7(13)10-6-5-14-8(11-6)12(2)3/h5H,4H2,1-3H3,(H2,9,10,13). The Labute approximate surface area is 87.1 Å². The summed E-state index contributed by atoms with van der Waals surface area (Å²) in [6, 6.07) is -0.219. The van der Waals surface area contributed by atoms with Gasteiger partial charge in [0, 0.05) is 26.0 Å². The number of nitrogens with zero attached hydrogens (tertiary/aromatic N) is 2. The number of rotatable bonds is 3. The van der Waals surface area contributed by atoms with E-state index < -0.39 is 0 Å². The molecule has 0 saturated heterocycles. The van der Waals surface area contributed by atoms with Gasteiger partial charge in [-0.2, -0.15) is 0 Å². The van der Waals surface area contributed by atoms with E-state index in [0.29, 0.717) is 12.4 Å². The van der Waals surface area contributed by atoms with Crippen LogP contribution in [0.25, 0.3) is 0 Å². The molecule has 0 bridgehead atoms. The monoisotopic (exact) mass is 214 g/mol. The first-order valence-corrected chi connectivity index (χ1v) is 5.19. The lowest BCUT2D eigenvalue weighted by molar-refractivity contribution is 0.252. The molecule has 0 saturated carbocycles. The van der Waals surface area contributed by atoms with Gasteiger partial charge in [0.1, 0.15) is 5.82 Å². The first-order chi connectivity index (χ1) is 6.63. The predicted molar refractivity (Wildman–Crippen MR) is 59.1 cm³/mol. The van der Waals surface area contributed by atoms with Crippen molar-refractivity contribution in [2.45, 2.75) is 6.92 Å². The second kappa shape index (κ2) is 4.80. The number of nitrogens with one attached hydrogen (secondary N) is 2. The van der Waals surface area contributed by atoms with Gasteiger partial charge >= 0.3 is 6.03 Å². The number of hydrogen-bond acceptors (Lipinski definition) is 4. The van der Waals surface area contributed by atoms with Crippen LogP contribution in [0.2, 0.25) is 0 Å². The third kappa shape index (κ3) is 2.88. The van der Waals surface area contributed by atoms with Crippen molar-refractivity contribution in [3.8, 4) is 0 Å². The highest BCUT2D eigenvalue weighted by Crippen LogP contribution is 2.20. The van der Waals surface area contributed by atoms with Gasteiger partial charge in [-0.05, 0) is 6.92 Å². The number of urea groups is 1. The van der Waals surface area contributed by atoms with Crippen LogP contribution in [0.3, 0.4) is 0 Å². The average molecular weight is 214 g/mol. The molecule has 0 spiro atoms. The van der Waals surface area contributed by atoms with Crippen LogP contribution in [0, 0.1) is 0 Å². The van der Waals surface area contributed by atoms with Gasteiger partial charge in [-0.3, -0.25) is 5.32 Å². The number of carbonyl (C=O) groups is 1. The fraction of sp³-hybridized carbons (Fsp3) is 0.500. The van der Waals surface area contributed by atoms with E-state index in [0.717, 1.165) is 5.13 Å². The highest BCUT2D eigenvalue weighted by Gasteiger charge is 2.05. The van der Waals surface area contributed by atoms with Crippen LogP contribution >= 0.6 is 11.3 Å². The summed E-state index contributed by atoms with van der Waals surface area (Å²) in [4.78, 5) is 17.2. The predicted octanol–water partition coefficient (Wildman–Crippen LogP) is 1.35. The van der Waals surface area contributed by atoms with Gasteiger partial charge in [0.2, 0.25) is 0 Å². The van der Waals surface area contributed by atoms with Crippen molar-refractivity contribution < 1.29 is 4.79 Å². The van der Waals surface area contributed by atoms with Gasteiger partial charge in [0.05, 0.1) is 0 Å². The minimum absolute atomic E-state index is 0.219. The van der Waals surface area contributed by atoms with Crippen molar-refractivity contribution in [2.75, 3.05) is 30.9 Å². The van der Waals surface area contributed by atoms with Crippen LogP contribution in [0.15, 0.2) is 5.38 Å². The molecule has 1 aromatic heterocycles. The first kappa shape index (κ1) is 10.8. The molecule has 2 N–H and O–H groups in total. The molecule has 1 heterocycles. The lowest BCUT2D eigenvalue weighted by Crippen LogP contribution is -2.28. The Morgan fingerprint density at radius 2 is 2.36 bits per heavy atom. The third-order valence-electron chi connectivity index (χ3n) is 1.45. The average Bonchev–Trinajstić information content (AvgIpc) is 2.53. The Morgan fingerprint density at radius 1 is 1.64 bits per heavy atom.